The van der Waals surface area contributed by atoms with E-state index in [1.165, 1.54) is 18.5 Å². The number of hydrogen-bond acceptors (Lipinski definition) is 2. The Morgan fingerprint density at radius 1 is 1.39 bits per heavy atom. The SMILES string of the molecule is CCn1nccc1C1CC(C(C)(C)C)CCC1N. The van der Waals surface area contributed by atoms with Crippen LogP contribution in [0.3, 0.4) is 0 Å². The fourth-order valence-corrected chi connectivity index (χ4v) is 3.24. The van der Waals surface area contributed by atoms with Gasteiger partial charge in [-0.1, -0.05) is 20.8 Å². The van der Waals surface area contributed by atoms with E-state index >= 15 is 0 Å². The van der Waals surface area contributed by atoms with Crippen LogP contribution in [0.1, 0.15) is 58.6 Å². The Balaban J connectivity index is 2.20. The molecule has 0 aliphatic heterocycles. The predicted molar refractivity (Wildman–Crippen MR) is 75.4 cm³/mol. The molecule has 0 amide bonds. The zero-order valence-electron chi connectivity index (χ0n) is 12.2. The molecule has 1 aliphatic carbocycles. The first-order chi connectivity index (χ1) is 8.43. The summed E-state index contributed by atoms with van der Waals surface area (Å²) in [6, 6.07) is 2.45. The van der Waals surface area contributed by atoms with Crippen LogP contribution in [0.15, 0.2) is 12.3 Å². The summed E-state index contributed by atoms with van der Waals surface area (Å²) in [5, 5.41) is 4.39. The Labute approximate surface area is 111 Å². The van der Waals surface area contributed by atoms with Crippen LogP contribution in [-0.4, -0.2) is 15.8 Å². The average molecular weight is 249 g/mol. The van der Waals surface area contributed by atoms with E-state index in [1.807, 2.05) is 6.20 Å². The highest BCUT2D eigenvalue weighted by atomic mass is 15.3. The Hall–Kier alpha value is -0.830. The molecule has 3 nitrogen and oxygen atoms in total. The Bertz CT molecular complexity index is 389. The molecule has 1 aliphatic rings. The Morgan fingerprint density at radius 2 is 2.11 bits per heavy atom. The number of nitrogens with zero attached hydrogens (tertiary/aromatic N) is 2. The summed E-state index contributed by atoms with van der Waals surface area (Å²) in [5.41, 5.74) is 8.07. The molecule has 2 rings (SSSR count). The molecule has 18 heavy (non-hydrogen) atoms. The Kier molecular flexibility index (Phi) is 3.81. The lowest BCUT2D eigenvalue weighted by Gasteiger charge is -2.40. The fourth-order valence-electron chi connectivity index (χ4n) is 3.24. The van der Waals surface area contributed by atoms with E-state index in [1.54, 1.807) is 0 Å². The van der Waals surface area contributed by atoms with Crippen LogP contribution in [0.4, 0.5) is 0 Å². The van der Waals surface area contributed by atoms with Gasteiger partial charge in [-0.25, -0.2) is 0 Å². The number of hydrogen-bond donors (Lipinski definition) is 1. The molecule has 0 radical (unpaired) electrons. The summed E-state index contributed by atoms with van der Waals surface area (Å²) in [6.07, 6.45) is 5.52. The molecular weight excluding hydrogens is 222 g/mol. The molecule has 2 N–H and O–H groups in total. The number of aromatic nitrogens is 2. The fraction of sp³-hybridized carbons (Fsp3) is 0.800. The maximum Gasteiger partial charge on any atom is 0.0492 e. The zero-order valence-corrected chi connectivity index (χ0v) is 12.2. The van der Waals surface area contributed by atoms with Crippen LogP contribution in [0.5, 0.6) is 0 Å². The van der Waals surface area contributed by atoms with Crippen molar-refractivity contribution < 1.29 is 0 Å². The molecule has 1 aromatic heterocycles. The molecule has 1 aromatic rings. The van der Waals surface area contributed by atoms with Crippen LogP contribution in [0.2, 0.25) is 0 Å². The van der Waals surface area contributed by atoms with E-state index in [9.17, 15) is 0 Å². The third-order valence-corrected chi connectivity index (χ3v) is 4.56. The summed E-state index contributed by atoms with van der Waals surface area (Å²) >= 11 is 0. The van der Waals surface area contributed by atoms with Gasteiger partial charge >= 0.3 is 0 Å². The minimum absolute atomic E-state index is 0.297. The van der Waals surface area contributed by atoms with Gasteiger partial charge in [0.15, 0.2) is 0 Å². The van der Waals surface area contributed by atoms with E-state index in [2.05, 4.69) is 43.5 Å². The quantitative estimate of drug-likeness (QED) is 0.875. The van der Waals surface area contributed by atoms with Crippen LogP contribution in [0, 0.1) is 11.3 Å². The maximum absolute atomic E-state index is 6.36. The highest BCUT2D eigenvalue weighted by molar-refractivity contribution is 5.13. The van der Waals surface area contributed by atoms with Gasteiger partial charge in [0.1, 0.15) is 0 Å². The lowest BCUT2D eigenvalue weighted by atomic mass is 9.67. The standard InChI is InChI=1S/C15H27N3/c1-5-18-14(8-9-17-18)12-10-11(15(2,3)4)6-7-13(12)16/h8-9,11-13H,5-7,10,16H2,1-4H3. The van der Waals surface area contributed by atoms with E-state index in [0.29, 0.717) is 17.4 Å². The number of nitrogens with two attached hydrogens (primary N) is 1. The van der Waals surface area contributed by atoms with Crippen molar-refractivity contribution in [1.82, 2.24) is 9.78 Å². The summed E-state index contributed by atoms with van der Waals surface area (Å²) < 4.78 is 2.11. The largest absolute Gasteiger partial charge is 0.327 e. The van der Waals surface area contributed by atoms with Gasteiger partial charge in [0.25, 0.3) is 0 Å². The molecule has 0 aromatic carbocycles. The molecule has 1 saturated carbocycles. The van der Waals surface area contributed by atoms with Crippen molar-refractivity contribution in [2.75, 3.05) is 0 Å². The van der Waals surface area contributed by atoms with Gasteiger partial charge in [-0.2, -0.15) is 5.10 Å². The first-order valence-electron chi connectivity index (χ1n) is 7.20. The van der Waals surface area contributed by atoms with Crippen molar-refractivity contribution in [3.8, 4) is 0 Å². The van der Waals surface area contributed by atoms with Gasteiger partial charge in [-0.15, -0.1) is 0 Å². The van der Waals surface area contributed by atoms with Gasteiger partial charge in [-0.3, -0.25) is 4.68 Å². The lowest BCUT2D eigenvalue weighted by molar-refractivity contribution is 0.151. The van der Waals surface area contributed by atoms with Crippen molar-refractivity contribution in [1.29, 1.82) is 0 Å². The van der Waals surface area contributed by atoms with Gasteiger partial charge in [0.05, 0.1) is 0 Å². The third kappa shape index (κ3) is 2.61. The van der Waals surface area contributed by atoms with Gasteiger partial charge < -0.3 is 5.73 Å². The van der Waals surface area contributed by atoms with Crippen molar-refractivity contribution >= 4 is 0 Å². The molecule has 0 spiro atoms. The second-order valence-electron chi connectivity index (χ2n) is 6.72. The second kappa shape index (κ2) is 5.04. The first kappa shape index (κ1) is 13.6. The van der Waals surface area contributed by atoms with E-state index in [4.69, 9.17) is 5.73 Å². The van der Waals surface area contributed by atoms with Crippen LogP contribution in [-0.2, 0) is 6.54 Å². The van der Waals surface area contributed by atoms with Gasteiger partial charge in [0, 0.05) is 30.4 Å². The van der Waals surface area contributed by atoms with Crippen molar-refractivity contribution in [3.63, 3.8) is 0 Å². The second-order valence-corrected chi connectivity index (χ2v) is 6.72. The molecule has 0 saturated heterocycles. The van der Waals surface area contributed by atoms with Gasteiger partial charge in [-0.05, 0) is 43.6 Å². The van der Waals surface area contributed by atoms with Crippen molar-refractivity contribution in [2.24, 2.45) is 17.1 Å². The molecule has 102 valence electrons. The molecule has 1 fully saturated rings. The summed E-state index contributed by atoms with van der Waals surface area (Å²) in [7, 11) is 0. The molecule has 0 bridgehead atoms. The molecule has 3 atom stereocenters. The van der Waals surface area contributed by atoms with Gasteiger partial charge in [0.2, 0.25) is 0 Å². The zero-order chi connectivity index (χ0) is 13.3. The lowest BCUT2D eigenvalue weighted by Crippen LogP contribution is -2.39. The predicted octanol–water partition coefficient (Wildman–Crippen LogP) is 3.16. The van der Waals surface area contributed by atoms with Crippen molar-refractivity contribution in [3.05, 3.63) is 18.0 Å². The minimum Gasteiger partial charge on any atom is -0.327 e. The summed E-state index contributed by atoms with van der Waals surface area (Å²) in [4.78, 5) is 0. The van der Waals surface area contributed by atoms with Crippen LogP contribution < -0.4 is 5.73 Å². The maximum atomic E-state index is 6.36. The molecule has 1 heterocycles. The summed E-state index contributed by atoms with van der Waals surface area (Å²) in [5.74, 6) is 1.24. The first-order valence-corrected chi connectivity index (χ1v) is 7.20. The monoisotopic (exact) mass is 249 g/mol. The highest BCUT2D eigenvalue weighted by Crippen LogP contribution is 2.43. The number of rotatable bonds is 2. The Morgan fingerprint density at radius 3 is 2.72 bits per heavy atom. The average Bonchev–Trinajstić information content (AvgIpc) is 2.76. The smallest absolute Gasteiger partial charge is 0.0492 e. The third-order valence-electron chi connectivity index (χ3n) is 4.56. The highest BCUT2D eigenvalue weighted by Gasteiger charge is 2.36. The minimum atomic E-state index is 0.297. The molecule has 3 heteroatoms. The summed E-state index contributed by atoms with van der Waals surface area (Å²) in [6.45, 7) is 10.1. The molecule has 3 unspecified atom stereocenters. The van der Waals surface area contributed by atoms with E-state index in [-0.39, 0.29) is 0 Å². The van der Waals surface area contributed by atoms with Crippen molar-refractivity contribution in [2.45, 2.75) is 65.5 Å². The van der Waals surface area contributed by atoms with E-state index in [0.717, 1.165) is 18.9 Å². The van der Waals surface area contributed by atoms with E-state index < -0.39 is 0 Å². The molecular formula is C15H27N3. The van der Waals surface area contributed by atoms with Crippen LogP contribution >= 0.6 is 0 Å². The van der Waals surface area contributed by atoms with Crippen LogP contribution in [0.25, 0.3) is 0 Å². The number of aryl methyl sites for hydroxylation is 1. The normalized spacial score (nSPS) is 29.5. The topological polar surface area (TPSA) is 43.8 Å².